The van der Waals surface area contributed by atoms with E-state index in [9.17, 15) is 9.59 Å². The van der Waals surface area contributed by atoms with Gasteiger partial charge in [-0.25, -0.2) is 0 Å². The fourth-order valence-corrected chi connectivity index (χ4v) is 5.09. The summed E-state index contributed by atoms with van der Waals surface area (Å²) in [5, 5.41) is 1.87. The number of carbonyl (C=O) groups excluding carboxylic acids is 2. The van der Waals surface area contributed by atoms with E-state index >= 15 is 0 Å². The van der Waals surface area contributed by atoms with Gasteiger partial charge in [-0.15, -0.1) is 0 Å². The van der Waals surface area contributed by atoms with Gasteiger partial charge in [-0.05, 0) is 42.7 Å². The Balaban J connectivity index is 1.18. The molecule has 2 aliphatic rings. The van der Waals surface area contributed by atoms with Crippen LogP contribution in [0, 0.1) is 5.92 Å². The minimum Gasteiger partial charge on any atom is -0.358 e. The number of amides is 2. The molecule has 0 spiro atoms. The molecule has 0 bridgehead atoms. The van der Waals surface area contributed by atoms with Gasteiger partial charge in [-0.2, -0.15) is 0 Å². The van der Waals surface area contributed by atoms with Gasteiger partial charge in [0.2, 0.25) is 11.8 Å². The van der Waals surface area contributed by atoms with E-state index in [1.165, 1.54) is 5.69 Å². The summed E-state index contributed by atoms with van der Waals surface area (Å²) in [5.74, 6) is 0.401. The molecular weight excluding hydrogens is 410 g/mol. The molecule has 2 amide bonds. The second kappa shape index (κ2) is 8.39. The molecule has 3 aromatic rings. The summed E-state index contributed by atoms with van der Waals surface area (Å²) < 4.78 is 0. The summed E-state index contributed by atoms with van der Waals surface area (Å²) >= 11 is 6.11. The number of piperidine rings is 1. The van der Waals surface area contributed by atoms with Crippen LogP contribution in [0.3, 0.4) is 0 Å². The summed E-state index contributed by atoms with van der Waals surface area (Å²) in [5.41, 5.74) is 3.42. The number of hydrogen-bond donors (Lipinski definition) is 1. The number of fused-ring (bicyclic) bond motifs is 1. The van der Waals surface area contributed by atoms with Crippen LogP contribution in [0.4, 0.5) is 0 Å². The predicted octanol–water partition coefficient (Wildman–Crippen LogP) is 4.58. The van der Waals surface area contributed by atoms with E-state index in [1.54, 1.807) is 0 Å². The Morgan fingerprint density at radius 1 is 1.06 bits per heavy atom. The maximum Gasteiger partial charge on any atom is 0.227 e. The molecule has 160 valence electrons. The Kier molecular flexibility index (Phi) is 5.45. The minimum atomic E-state index is -0.219. The molecule has 3 heterocycles. The predicted molar refractivity (Wildman–Crippen MR) is 122 cm³/mol. The van der Waals surface area contributed by atoms with Crippen LogP contribution in [-0.4, -0.2) is 46.2 Å². The fourth-order valence-electron chi connectivity index (χ4n) is 4.91. The zero-order valence-corrected chi connectivity index (χ0v) is 18.1. The van der Waals surface area contributed by atoms with Crippen molar-refractivity contribution in [3.8, 4) is 0 Å². The van der Waals surface area contributed by atoms with Crippen LogP contribution in [0.1, 0.15) is 36.4 Å². The molecule has 5 nitrogen and oxygen atoms in total. The van der Waals surface area contributed by atoms with Crippen LogP contribution in [-0.2, 0) is 16.1 Å². The Morgan fingerprint density at radius 3 is 2.61 bits per heavy atom. The summed E-state index contributed by atoms with van der Waals surface area (Å²) in [6.45, 7) is 2.58. The van der Waals surface area contributed by atoms with Crippen LogP contribution >= 0.6 is 11.6 Å². The first-order valence-corrected chi connectivity index (χ1v) is 11.3. The molecule has 2 saturated heterocycles. The Morgan fingerprint density at radius 2 is 1.84 bits per heavy atom. The molecule has 1 N–H and O–H groups in total. The van der Waals surface area contributed by atoms with E-state index < -0.39 is 0 Å². The molecule has 0 aliphatic carbocycles. The van der Waals surface area contributed by atoms with Gasteiger partial charge >= 0.3 is 0 Å². The number of benzene rings is 2. The van der Waals surface area contributed by atoms with Crippen molar-refractivity contribution < 1.29 is 9.59 Å². The van der Waals surface area contributed by atoms with E-state index in [0.717, 1.165) is 47.4 Å². The first-order chi connectivity index (χ1) is 15.1. The maximum atomic E-state index is 13.1. The topological polar surface area (TPSA) is 56.4 Å². The monoisotopic (exact) mass is 435 g/mol. The lowest BCUT2D eigenvalue weighted by Crippen LogP contribution is -2.42. The summed E-state index contributed by atoms with van der Waals surface area (Å²) in [7, 11) is 0. The third-order valence-electron chi connectivity index (χ3n) is 6.63. The second-order valence-corrected chi connectivity index (χ2v) is 9.15. The third kappa shape index (κ3) is 4.19. The van der Waals surface area contributed by atoms with Crippen molar-refractivity contribution >= 4 is 34.3 Å². The first kappa shape index (κ1) is 20.1. The van der Waals surface area contributed by atoms with Gasteiger partial charge in [-0.3, -0.25) is 9.59 Å². The second-order valence-electron chi connectivity index (χ2n) is 8.72. The number of carbonyl (C=O) groups is 2. The number of nitrogens with one attached hydrogen (secondary N) is 1. The van der Waals surface area contributed by atoms with Gasteiger partial charge < -0.3 is 14.8 Å². The Labute approximate surface area is 187 Å². The Hall–Kier alpha value is -2.79. The molecule has 5 rings (SSSR count). The molecule has 0 saturated carbocycles. The third-order valence-corrected chi connectivity index (χ3v) is 6.87. The number of likely N-dealkylation sites (tertiary alicyclic amines) is 2. The fraction of sp³-hybridized carbons (Fsp3) is 0.360. The Bertz CT molecular complexity index is 1100. The highest BCUT2D eigenvalue weighted by molar-refractivity contribution is 6.31. The lowest BCUT2D eigenvalue weighted by atomic mass is 9.92. The van der Waals surface area contributed by atoms with Gasteiger partial charge in [0.25, 0.3) is 0 Å². The largest absolute Gasteiger partial charge is 0.358 e. The zero-order chi connectivity index (χ0) is 21.4. The number of rotatable bonds is 4. The van der Waals surface area contributed by atoms with Gasteiger partial charge in [-0.1, -0.05) is 41.9 Å². The normalized spacial score (nSPS) is 20.0. The van der Waals surface area contributed by atoms with Gasteiger partial charge in [0.1, 0.15) is 0 Å². The van der Waals surface area contributed by atoms with E-state index in [2.05, 4.69) is 11.1 Å². The highest BCUT2D eigenvalue weighted by atomic mass is 35.5. The number of H-pyrrole nitrogens is 1. The molecule has 1 unspecified atom stereocenters. The first-order valence-electron chi connectivity index (χ1n) is 11.0. The van der Waals surface area contributed by atoms with Gasteiger partial charge in [0.05, 0.1) is 5.92 Å². The highest BCUT2D eigenvalue weighted by Gasteiger charge is 2.37. The van der Waals surface area contributed by atoms with Crippen LogP contribution in [0.25, 0.3) is 10.9 Å². The standard InChI is InChI=1S/C25H26ClN3O2/c26-21-6-7-22-19(12-21)13-23(27-22)18-8-10-28(11-9-18)25(31)20-14-24(30)29(16-20)15-17-4-2-1-3-5-17/h1-7,12-13,18,20,27H,8-11,14-16H2. The average molecular weight is 436 g/mol. The van der Waals surface area contributed by atoms with Crippen LogP contribution in [0.5, 0.6) is 0 Å². The minimum absolute atomic E-state index is 0.0776. The van der Waals surface area contributed by atoms with Crippen molar-refractivity contribution in [1.82, 2.24) is 14.8 Å². The van der Waals surface area contributed by atoms with Crippen LogP contribution in [0.2, 0.25) is 5.02 Å². The van der Waals surface area contributed by atoms with Crippen molar-refractivity contribution in [3.05, 3.63) is 70.9 Å². The van der Waals surface area contributed by atoms with Gasteiger partial charge in [0.15, 0.2) is 0 Å². The molecule has 1 aromatic heterocycles. The summed E-state index contributed by atoms with van der Waals surface area (Å²) in [6, 6.07) is 18.0. The molecule has 2 aromatic carbocycles. The number of halogens is 1. The molecule has 31 heavy (non-hydrogen) atoms. The van der Waals surface area contributed by atoms with E-state index in [0.29, 0.717) is 25.4 Å². The van der Waals surface area contributed by atoms with Crippen molar-refractivity contribution in [1.29, 1.82) is 0 Å². The molecule has 0 radical (unpaired) electrons. The molecule has 6 heteroatoms. The lowest BCUT2D eigenvalue weighted by Gasteiger charge is -2.33. The van der Waals surface area contributed by atoms with Crippen molar-refractivity contribution in [2.75, 3.05) is 19.6 Å². The quantitative estimate of drug-likeness (QED) is 0.652. The zero-order valence-electron chi connectivity index (χ0n) is 17.4. The van der Waals surface area contributed by atoms with Crippen molar-refractivity contribution in [2.24, 2.45) is 5.92 Å². The maximum absolute atomic E-state index is 13.1. The van der Waals surface area contributed by atoms with Crippen LogP contribution < -0.4 is 0 Å². The molecule has 1 atom stereocenters. The van der Waals surface area contributed by atoms with E-state index in [4.69, 9.17) is 11.6 Å². The SMILES string of the molecule is O=C1CC(C(=O)N2CCC(c3cc4cc(Cl)ccc4[nH]3)CC2)CN1Cc1ccccc1. The molecular formula is C25H26ClN3O2. The van der Waals surface area contributed by atoms with Crippen molar-refractivity contribution in [3.63, 3.8) is 0 Å². The van der Waals surface area contributed by atoms with Gasteiger partial charge in [0, 0.05) is 60.1 Å². The number of aromatic nitrogens is 1. The average Bonchev–Trinajstić information content (AvgIpc) is 3.37. The van der Waals surface area contributed by atoms with Crippen LogP contribution in [0.15, 0.2) is 54.6 Å². The molecule has 2 fully saturated rings. The number of aromatic amines is 1. The number of nitrogens with zero attached hydrogens (tertiary/aromatic N) is 2. The smallest absolute Gasteiger partial charge is 0.227 e. The summed E-state index contributed by atoms with van der Waals surface area (Å²) in [6.07, 6.45) is 2.19. The molecule has 2 aliphatic heterocycles. The van der Waals surface area contributed by atoms with E-state index in [1.807, 2.05) is 58.3 Å². The summed E-state index contributed by atoms with van der Waals surface area (Å²) in [4.78, 5) is 32.8. The number of hydrogen-bond acceptors (Lipinski definition) is 2. The lowest BCUT2D eigenvalue weighted by molar-refractivity contribution is -0.136. The van der Waals surface area contributed by atoms with Crippen molar-refractivity contribution in [2.45, 2.75) is 31.7 Å². The van der Waals surface area contributed by atoms with E-state index in [-0.39, 0.29) is 17.7 Å². The highest BCUT2D eigenvalue weighted by Crippen LogP contribution is 2.32.